The van der Waals surface area contributed by atoms with E-state index in [0.717, 1.165) is 17.7 Å². The zero-order valence-electron chi connectivity index (χ0n) is 8.44. The van der Waals surface area contributed by atoms with E-state index in [9.17, 15) is 0 Å². The van der Waals surface area contributed by atoms with Crippen molar-refractivity contribution in [2.45, 2.75) is 13.3 Å². The van der Waals surface area contributed by atoms with E-state index in [2.05, 4.69) is 29.0 Å². The van der Waals surface area contributed by atoms with Gasteiger partial charge in [-0.15, -0.1) is 0 Å². The first-order valence-corrected chi connectivity index (χ1v) is 5.25. The third kappa shape index (κ3) is 2.34. The summed E-state index contributed by atoms with van der Waals surface area (Å²) < 4.78 is 0. The molecule has 0 bridgehead atoms. The minimum atomic E-state index is 0.286. The van der Waals surface area contributed by atoms with Gasteiger partial charge in [-0.05, 0) is 35.7 Å². The molecule has 0 fully saturated rings. The molecule has 0 saturated carbocycles. The van der Waals surface area contributed by atoms with Crippen molar-refractivity contribution in [2.75, 3.05) is 0 Å². The highest BCUT2D eigenvalue weighted by molar-refractivity contribution is 6.28. The van der Waals surface area contributed by atoms with Gasteiger partial charge in [0.1, 0.15) is 0 Å². The Morgan fingerprint density at radius 3 is 2.87 bits per heavy atom. The monoisotopic (exact) mass is 218 g/mol. The van der Waals surface area contributed by atoms with Crippen LogP contribution in [0.4, 0.5) is 0 Å². The summed E-state index contributed by atoms with van der Waals surface area (Å²) >= 11 is 5.75. The van der Waals surface area contributed by atoms with Crippen molar-refractivity contribution < 1.29 is 0 Å². The Morgan fingerprint density at radius 2 is 2.13 bits per heavy atom. The van der Waals surface area contributed by atoms with Gasteiger partial charge < -0.3 is 0 Å². The molecule has 1 aromatic heterocycles. The SMILES string of the molecule is CCc1cccc(-c2ccnc(Cl)n2)c1. The second kappa shape index (κ2) is 4.41. The van der Waals surface area contributed by atoms with E-state index in [0.29, 0.717) is 0 Å². The Balaban J connectivity index is 2.44. The zero-order chi connectivity index (χ0) is 10.7. The summed E-state index contributed by atoms with van der Waals surface area (Å²) in [5.74, 6) is 0. The molecule has 0 N–H and O–H groups in total. The van der Waals surface area contributed by atoms with Crippen molar-refractivity contribution in [2.24, 2.45) is 0 Å². The van der Waals surface area contributed by atoms with E-state index in [1.54, 1.807) is 6.20 Å². The molecule has 0 aliphatic carbocycles. The molecule has 1 heterocycles. The summed E-state index contributed by atoms with van der Waals surface area (Å²) in [6.45, 7) is 2.13. The number of benzene rings is 1. The Hall–Kier alpha value is -1.41. The molecule has 0 amide bonds. The van der Waals surface area contributed by atoms with Crippen molar-refractivity contribution in [3.05, 3.63) is 47.4 Å². The van der Waals surface area contributed by atoms with Crippen LogP contribution in [0.2, 0.25) is 5.28 Å². The lowest BCUT2D eigenvalue weighted by Crippen LogP contribution is -1.88. The third-order valence-corrected chi connectivity index (χ3v) is 2.44. The van der Waals surface area contributed by atoms with Gasteiger partial charge in [0, 0.05) is 11.8 Å². The molecule has 0 saturated heterocycles. The Bertz CT molecular complexity index is 469. The molecule has 0 aliphatic heterocycles. The second-order valence-corrected chi connectivity index (χ2v) is 3.60. The van der Waals surface area contributed by atoms with Gasteiger partial charge in [0.05, 0.1) is 5.69 Å². The lowest BCUT2D eigenvalue weighted by atomic mass is 10.1. The maximum atomic E-state index is 5.75. The maximum Gasteiger partial charge on any atom is 0.222 e. The third-order valence-electron chi connectivity index (χ3n) is 2.26. The van der Waals surface area contributed by atoms with Crippen LogP contribution in [0, 0.1) is 0 Å². The number of aryl methyl sites for hydroxylation is 1. The fourth-order valence-corrected chi connectivity index (χ4v) is 1.59. The van der Waals surface area contributed by atoms with Gasteiger partial charge in [0.2, 0.25) is 5.28 Å². The molecule has 2 rings (SSSR count). The molecular formula is C12H11ClN2. The molecule has 15 heavy (non-hydrogen) atoms. The van der Waals surface area contributed by atoms with Gasteiger partial charge in [-0.1, -0.05) is 25.1 Å². The van der Waals surface area contributed by atoms with E-state index in [-0.39, 0.29) is 5.28 Å². The van der Waals surface area contributed by atoms with Crippen LogP contribution in [-0.4, -0.2) is 9.97 Å². The first kappa shape index (κ1) is 10.1. The molecule has 2 nitrogen and oxygen atoms in total. The van der Waals surface area contributed by atoms with Crippen LogP contribution in [0.1, 0.15) is 12.5 Å². The van der Waals surface area contributed by atoms with Crippen LogP contribution in [-0.2, 0) is 6.42 Å². The van der Waals surface area contributed by atoms with Gasteiger partial charge in [-0.2, -0.15) is 0 Å². The number of nitrogens with zero attached hydrogens (tertiary/aromatic N) is 2. The number of halogens is 1. The predicted octanol–water partition coefficient (Wildman–Crippen LogP) is 3.36. The maximum absolute atomic E-state index is 5.75. The van der Waals surface area contributed by atoms with Gasteiger partial charge >= 0.3 is 0 Å². The van der Waals surface area contributed by atoms with Crippen molar-refractivity contribution in [3.8, 4) is 11.3 Å². The van der Waals surface area contributed by atoms with Crippen LogP contribution >= 0.6 is 11.6 Å². The van der Waals surface area contributed by atoms with Crippen LogP contribution in [0.15, 0.2) is 36.5 Å². The Kier molecular flexibility index (Phi) is 2.97. The quantitative estimate of drug-likeness (QED) is 0.723. The van der Waals surface area contributed by atoms with Crippen molar-refractivity contribution in [1.82, 2.24) is 9.97 Å². The molecule has 0 aliphatic rings. The molecule has 76 valence electrons. The molecule has 0 radical (unpaired) electrons. The summed E-state index contributed by atoms with van der Waals surface area (Å²) in [5, 5.41) is 0.286. The average molecular weight is 219 g/mol. The summed E-state index contributed by atoms with van der Waals surface area (Å²) in [6, 6.07) is 10.1. The van der Waals surface area contributed by atoms with E-state index >= 15 is 0 Å². The summed E-state index contributed by atoms with van der Waals surface area (Å²) in [4.78, 5) is 8.04. The van der Waals surface area contributed by atoms with Gasteiger partial charge in [-0.3, -0.25) is 0 Å². The minimum Gasteiger partial charge on any atom is -0.226 e. The first-order valence-electron chi connectivity index (χ1n) is 4.87. The zero-order valence-corrected chi connectivity index (χ0v) is 9.20. The summed E-state index contributed by atoms with van der Waals surface area (Å²) in [7, 11) is 0. The molecule has 3 heteroatoms. The van der Waals surface area contributed by atoms with Crippen LogP contribution < -0.4 is 0 Å². The molecule has 0 atom stereocenters. The van der Waals surface area contributed by atoms with Crippen molar-refractivity contribution >= 4 is 11.6 Å². The number of aromatic nitrogens is 2. The highest BCUT2D eigenvalue weighted by Gasteiger charge is 2.00. The highest BCUT2D eigenvalue weighted by Crippen LogP contribution is 2.19. The molecule has 0 spiro atoms. The molecule has 0 unspecified atom stereocenters. The standard InChI is InChI=1S/C12H11ClN2/c1-2-9-4-3-5-10(8-9)11-6-7-14-12(13)15-11/h3-8H,2H2,1H3. The molecule has 2 aromatic rings. The van der Waals surface area contributed by atoms with Crippen molar-refractivity contribution in [3.63, 3.8) is 0 Å². The summed E-state index contributed by atoms with van der Waals surface area (Å²) in [6.07, 6.45) is 2.69. The predicted molar refractivity (Wildman–Crippen MR) is 61.9 cm³/mol. The minimum absolute atomic E-state index is 0.286. The highest BCUT2D eigenvalue weighted by atomic mass is 35.5. The number of hydrogen-bond donors (Lipinski definition) is 0. The van der Waals surface area contributed by atoms with Crippen LogP contribution in [0.25, 0.3) is 11.3 Å². The molecular weight excluding hydrogens is 208 g/mol. The normalized spacial score (nSPS) is 10.3. The fraction of sp³-hybridized carbons (Fsp3) is 0.167. The fourth-order valence-electron chi connectivity index (χ4n) is 1.45. The van der Waals surface area contributed by atoms with E-state index in [4.69, 9.17) is 11.6 Å². The van der Waals surface area contributed by atoms with E-state index in [1.807, 2.05) is 18.2 Å². The summed E-state index contributed by atoms with van der Waals surface area (Å²) in [5.41, 5.74) is 3.24. The topological polar surface area (TPSA) is 25.8 Å². The van der Waals surface area contributed by atoms with Crippen LogP contribution in [0.3, 0.4) is 0 Å². The molecule has 1 aromatic carbocycles. The number of rotatable bonds is 2. The average Bonchev–Trinajstić information content (AvgIpc) is 2.29. The second-order valence-electron chi connectivity index (χ2n) is 3.26. The first-order chi connectivity index (χ1) is 7.29. The largest absolute Gasteiger partial charge is 0.226 e. The van der Waals surface area contributed by atoms with Crippen LogP contribution in [0.5, 0.6) is 0 Å². The lowest BCUT2D eigenvalue weighted by molar-refractivity contribution is 1.13. The smallest absolute Gasteiger partial charge is 0.222 e. The Labute approximate surface area is 94.0 Å². The van der Waals surface area contributed by atoms with Gasteiger partial charge in [0.15, 0.2) is 0 Å². The van der Waals surface area contributed by atoms with Gasteiger partial charge in [0.25, 0.3) is 0 Å². The Morgan fingerprint density at radius 1 is 1.27 bits per heavy atom. The van der Waals surface area contributed by atoms with Crippen molar-refractivity contribution in [1.29, 1.82) is 0 Å². The lowest BCUT2D eigenvalue weighted by Gasteiger charge is -2.02. The van der Waals surface area contributed by atoms with E-state index in [1.165, 1.54) is 5.56 Å². The van der Waals surface area contributed by atoms with Gasteiger partial charge in [-0.25, -0.2) is 9.97 Å². The number of hydrogen-bond acceptors (Lipinski definition) is 2. The van der Waals surface area contributed by atoms with E-state index < -0.39 is 0 Å².